The summed E-state index contributed by atoms with van der Waals surface area (Å²) in [5.74, 6) is 1.04. The average molecular weight is 217 g/mol. The number of amides is 1. The van der Waals surface area contributed by atoms with E-state index in [9.17, 15) is 4.79 Å². The Kier molecular flexibility index (Phi) is 1.82. The maximum atomic E-state index is 11.6. The van der Waals surface area contributed by atoms with Crippen molar-refractivity contribution in [3.8, 4) is 5.75 Å². The highest BCUT2D eigenvalue weighted by Gasteiger charge is 2.46. The van der Waals surface area contributed by atoms with Crippen LogP contribution in [0.2, 0.25) is 0 Å². The van der Waals surface area contributed by atoms with Gasteiger partial charge < -0.3 is 10.1 Å². The molecule has 3 heteroatoms. The first kappa shape index (κ1) is 9.70. The number of carbonyl (C=O) groups is 1. The predicted molar refractivity (Wildman–Crippen MR) is 60.5 cm³/mol. The number of benzene rings is 1. The van der Waals surface area contributed by atoms with Crippen molar-refractivity contribution < 1.29 is 9.53 Å². The Morgan fingerprint density at radius 1 is 1.50 bits per heavy atom. The van der Waals surface area contributed by atoms with Crippen molar-refractivity contribution >= 4 is 5.91 Å². The molecule has 0 saturated carbocycles. The topological polar surface area (TPSA) is 38.3 Å². The Balaban J connectivity index is 2.15. The number of ether oxygens (including phenoxy) is 1. The Morgan fingerprint density at radius 3 is 3.06 bits per heavy atom. The van der Waals surface area contributed by atoms with Crippen LogP contribution in [0.15, 0.2) is 18.2 Å². The number of hydrogen-bond donors (Lipinski definition) is 1. The van der Waals surface area contributed by atoms with E-state index in [2.05, 4.69) is 24.4 Å². The molecule has 1 aromatic rings. The molecule has 1 saturated heterocycles. The number of fused-ring (bicyclic) bond motifs is 5. The Labute approximate surface area is 94.8 Å². The molecule has 1 heterocycles. The van der Waals surface area contributed by atoms with Crippen LogP contribution in [0.3, 0.4) is 0 Å². The van der Waals surface area contributed by atoms with E-state index in [1.165, 1.54) is 11.1 Å². The van der Waals surface area contributed by atoms with E-state index in [-0.39, 0.29) is 17.4 Å². The lowest BCUT2D eigenvalue weighted by molar-refractivity contribution is -0.124. The van der Waals surface area contributed by atoms with Crippen LogP contribution in [-0.4, -0.2) is 13.0 Å². The third kappa shape index (κ3) is 1.17. The quantitative estimate of drug-likeness (QED) is 0.780. The minimum Gasteiger partial charge on any atom is -0.497 e. The van der Waals surface area contributed by atoms with Gasteiger partial charge in [0.1, 0.15) is 5.75 Å². The summed E-state index contributed by atoms with van der Waals surface area (Å²) in [6.07, 6.45) is 1.60. The van der Waals surface area contributed by atoms with Crippen LogP contribution in [0, 0.1) is 0 Å². The van der Waals surface area contributed by atoms with Gasteiger partial charge >= 0.3 is 0 Å². The number of hydrogen-bond acceptors (Lipinski definition) is 2. The smallest absolute Gasteiger partial charge is 0.221 e. The van der Waals surface area contributed by atoms with E-state index >= 15 is 0 Å². The van der Waals surface area contributed by atoms with Crippen molar-refractivity contribution in [3.05, 3.63) is 29.3 Å². The van der Waals surface area contributed by atoms with Crippen LogP contribution >= 0.6 is 0 Å². The molecule has 1 aromatic carbocycles. The van der Waals surface area contributed by atoms with E-state index in [1.54, 1.807) is 7.11 Å². The summed E-state index contributed by atoms with van der Waals surface area (Å²) in [5, 5.41) is 3.05. The first-order valence-corrected chi connectivity index (χ1v) is 5.60. The standard InChI is InChI=1S/C13H15NO2/c1-13-6-11(14-12(15)7-13)9-4-3-8(16-2)5-10(9)13/h3-5,11H,6-7H2,1-2H3,(H,14,15)/t11-,13+/m0/s1. The van der Waals surface area contributed by atoms with Crippen molar-refractivity contribution in [1.82, 2.24) is 5.32 Å². The van der Waals surface area contributed by atoms with Crippen LogP contribution in [0.4, 0.5) is 0 Å². The number of carbonyl (C=O) groups excluding carboxylic acids is 1. The third-order valence-electron chi connectivity index (χ3n) is 3.83. The monoisotopic (exact) mass is 217 g/mol. The first-order valence-electron chi connectivity index (χ1n) is 5.60. The van der Waals surface area contributed by atoms with Crippen LogP contribution in [0.25, 0.3) is 0 Å². The molecule has 3 nitrogen and oxygen atoms in total. The highest BCUT2D eigenvalue weighted by atomic mass is 16.5. The van der Waals surface area contributed by atoms with Gasteiger partial charge in [-0.05, 0) is 29.7 Å². The normalized spacial score (nSPS) is 30.9. The molecule has 2 atom stereocenters. The molecule has 2 aliphatic rings. The first-order chi connectivity index (χ1) is 7.62. The van der Waals surface area contributed by atoms with Gasteiger partial charge in [0.25, 0.3) is 0 Å². The zero-order chi connectivity index (χ0) is 11.3. The predicted octanol–water partition coefficient (Wildman–Crippen LogP) is 1.92. The van der Waals surface area contributed by atoms with E-state index in [4.69, 9.17) is 4.74 Å². The van der Waals surface area contributed by atoms with Gasteiger partial charge in [0.15, 0.2) is 0 Å². The SMILES string of the molecule is COc1ccc2c(c1)[C@@]1(C)CC(=O)N[C@H]2C1. The summed E-state index contributed by atoms with van der Waals surface area (Å²) >= 11 is 0. The summed E-state index contributed by atoms with van der Waals surface area (Å²) in [6, 6.07) is 6.33. The summed E-state index contributed by atoms with van der Waals surface area (Å²) < 4.78 is 5.25. The molecule has 2 bridgehead atoms. The van der Waals surface area contributed by atoms with E-state index in [0.717, 1.165) is 12.2 Å². The molecule has 3 rings (SSSR count). The maximum absolute atomic E-state index is 11.6. The molecule has 84 valence electrons. The lowest BCUT2D eigenvalue weighted by atomic mass is 9.79. The number of rotatable bonds is 1. The molecule has 1 aliphatic heterocycles. The molecular formula is C13H15NO2. The zero-order valence-electron chi connectivity index (χ0n) is 9.54. The van der Waals surface area contributed by atoms with Crippen LogP contribution in [-0.2, 0) is 10.2 Å². The van der Waals surface area contributed by atoms with Gasteiger partial charge in [0.05, 0.1) is 13.2 Å². The highest BCUT2D eigenvalue weighted by Crippen LogP contribution is 2.50. The fourth-order valence-corrected chi connectivity index (χ4v) is 3.06. The Bertz CT molecular complexity index is 469. The molecule has 0 unspecified atom stereocenters. The summed E-state index contributed by atoms with van der Waals surface area (Å²) in [6.45, 7) is 2.17. The van der Waals surface area contributed by atoms with Gasteiger partial charge in [-0.2, -0.15) is 0 Å². The van der Waals surface area contributed by atoms with Crippen LogP contribution < -0.4 is 10.1 Å². The second-order valence-electron chi connectivity index (χ2n) is 5.01. The van der Waals surface area contributed by atoms with Gasteiger partial charge in [0, 0.05) is 11.8 Å². The van der Waals surface area contributed by atoms with Crippen molar-refractivity contribution in [1.29, 1.82) is 0 Å². The highest BCUT2D eigenvalue weighted by molar-refractivity contribution is 5.81. The molecule has 0 aromatic heterocycles. The van der Waals surface area contributed by atoms with E-state index in [0.29, 0.717) is 6.42 Å². The van der Waals surface area contributed by atoms with Crippen molar-refractivity contribution in [2.45, 2.75) is 31.2 Å². The fourth-order valence-electron chi connectivity index (χ4n) is 3.06. The number of piperidine rings is 1. The summed E-state index contributed by atoms with van der Waals surface area (Å²) in [7, 11) is 1.68. The number of nitrogens with one attached hydrogen (secondary N) is 1. The second kappa shape index (κ2) is 3.00. The number of methoxy groups -OCH3 is 1. The molecule has 16 heavy (non-hydrogen) atoms. The maximum Gasteiger partial charge on any atom is 0.221 e. The third-order valence-corrected chi connectivity index (χ3v) is 3.83. The Hall–Kier alpha value is -1.51. The van der Waals surface area contributed by atoms with E-state index in [1.807, 2.05) is 6.07 Å². The van der Waals surface area contributed by atoms with Gasteiger partial charge in [0.2, 0.25) is 5.91 Å². The summed E-state index contributed by atoms with van der Waals surface area (Å²) in [4.78, 5) is 11.6. The largest absolute Gasteiger partial charge is 0.497 e. The molecule has 0 radical (unpaired) electrons. The van der Waals surface area contributed by atoms with E-state index < -0.39 is 0 Å². The molecule has 1 fully saturated rings. The van der Waals surface area contributed by atoms with Crippen molar-refractivity contribution in [2.75, 3.05) is 7.11 Å². The van der Waals surface area contributed by atoms with Crippen molar-refractivity contribution in [2.24, 2.45) is 0 Å². The average Bonchev–Trinajstić information content (AvgIpc) is 2.46. The van der Waals surface area contributed by atoms with Gasteiger partial charge in [-0.25, -0.2) is 0 Å². The Morgan fingerprint density at radius 2 is 2.31 bits per heavy atom. The van der Waals surface area contributed by atoms with Crippen LogP contribution in [0.5, 0.6) is 5.75 Å². The minimum atomic E-state index is -0.00310. The van der Waals surface area contributed by atoms with Gasteiger partial charge in [-0.15, -0.1) is 0 Å². The van der Waals surface area contributed by atoms with Gasteiger partial charge in [-0.3, -0.25) is 4.79 Å². The van der Waals surface area contributed by atoms with Gasteiger partial charge in [-0.1, -0.05) is 13.0 Å². The fraction of sp³-hybridized carbons (Fsp3) is 0.462. The molecule has 0 spiro atoms. The lowest BCUT2D eigenvalue weighted by Gasteiger charge is -2.29. The minimum absolute atomic E-state index is 0.00310. The lowest BCUT2D eigenvalue weighted by Crippen LogP contribution is -2.38. The van der Waals surface area contributed by atoms with Crippen LogP contribution in [0.1, 0.15) is 36.9 Å². The summed E-state index contributed by atoms with van der Waals surface area (Å²) in [5.41, 5.74) is 2.53. The van der Waals surface area contributed by atoms with Crippen molar-refractivity contribution in [3.63, 3.8) is 0 Å². The molecule has 1 aliphatic carbocycles. The molecule has 1 N–H and O–H groups in total. The molecule has 1 amide bonds. The second-order valence-corrected chi connectivity index (χ2v) is 5.01. The zero-order valence-corrected chi connectivity index (χ0v) is 9.54. The molecular weight excluding hydrogens is 202 g/mol.